The SMILES string of the molecule is Cc1ccc(S(=O)(=O)OCCc2cn(S(=O)(=O)c3ccc(C)cc3)c3cccc(/C=N/[S@@](=O)C(C)(C)C)c23)cc1. The summed E-state index contributed by atoms with van der Waals surface area (Å²) >= 11 is 0. The lowest BCUT2D eigenvalue weighted by Gasteiger charge is -2.13. The molecule has 4 rings (SSSR count). The summed E-state index contributed by atoms with van der Waals surface area (Å²) in [6, 6.07) is 18.0. The molecule has 212 valence electrons. The van der Waals surface area contributed by atoms with Crippen molar-refractivity contribution in [2.75, 3.05) is 6.61 Å². The normalized spacial score (nSPS) is 13.7. The quantitative estimate of drug-likeness (QED) is 0.190. The molecule has 1 heterocycles. The molecule has 1 atom stereocenters. The molecule has 0 saturated carbocycles. The Morgan fingerprint density at radius 1 is 0.875 bits per heavy atom. The molecule has 0 spiro atoms. The highest BCUT2D eigenvalue weighted by molar-refractivity contribution is 7.90. The van der Waals surface area contributed by atoms with Gasteiger partial charge in [0.05, 0.1) is 26.7 Å². The Morgan fingerprint density at radius 3 is 2.02 bits per heavy atom. The lowest BCUT2D eigenvalue weighted by Crippen LogP contribution is -2.19. The third-order valence-corrected chi connectivity index (χ3v) is 10.6. The number of hydrogen-bond acceptors (Lipinski definition) is 6. The van der Waals surface area contributed by atoms with Crippen LogP contribution in [0.25, 0.3) is 10.9 Å². The summed E-state index contributed by atoms with van der Waals surface area (Å²) in [5, 5.41) is 0.559. The van der Waals surface area contributed by atoms with Crippen LogP contribution in [-0.4, -0.2) is 42.6 Å². The summed E-state index contributed by atoms with van der Waals surface area (Å²) in [4.78, 5) is 0.160. The molecule has 3 aromatic carbocycles. The van der Waals surface area contributed by atoms with Gasteiger partial charge in [0.15, 0.2) is 0 Å². The predicted molar refractivity (Wildman–Crippen MR) is 159 cm³/mol. The highest BCUT2D eigenvalue weighted by Gasteiger charge is 2.24. The van der Waals surface area contributed by atoms with Gasteiger partial charge in [-0.15, -0.1) is 0 Å². The summed E-state index contributed by atoms with van der Waals surface area (Å²) in [5.41, 5.74) is 3.35. The van der Waals surface area contributed by atoms with Crippen molar-refractivity contribution in [3.63, 3.8) is 0 Å². The van der Waals surface area contributed by atoms with Gasteiger partial charge in [-0.25, -0.2) is 16.6 Å². The molecule has 11 heteroatoms. The van der Waals surface area contributed by atoms with Crippen molar-refractivity contribution in [2.24, 2.45) is 4.40 Å². The lowest BCUT2D eigenvalue weighted by molar-refractivity contribution is 0.322. The number of benzene rings is 3. The van der Waals surface area contributed by atoms with E-state index in [1.165, 1.54) is 28.5 Å². The fourth-order valence-electron chi connectivity index (χ4n) is 3.98. The van der Waals surface area contributed by atoms with Gasteiger partial charge in [0.2, 0.25) is 0 Å². The molecule has 0 radical (unpaired) electrons. The van der Waals surface area contributed by atoms with Crippen molar-refractivity contribution in [1.82, 2.24) is 3.97 Å². The Kier molecular flexibility index (Phi) is 8.51. The van der Waals surface area contributed by atoms with Crippen LogP contribution in [0.4, 0.5) is 0 Å². The first kappa shape index (κ1) is 29.9. The minimum atomic E-state index is -4.01. The zero-order chi connectivity index (χ0) is 29.3. The fourth-order valence-corrected chi connectivity index (χ4v) is 6.80. The Hall–Kier alpha value is -3.12. The second-order valence-electron chi connectivity index (χ2n) is 10.4. The molecule has 0 N–H and O–H groups in total. The van der Waals surface area contributed by atoms with Crippen LogP contribution in [0.15, 0.2) is 87.1 Å². The monoisotopic (exact) mass is 600 g/mol. The van der Waals surface area contributed by atoms with Gasteiger partial charge in [-0.05, 0) is 76.9 Å². The summed E-state index contributed by atoms with van der Waals surface area (Å²) in [6.07, 6.45) is 3.06. The van der Waals surface area contributed by atoms with Crippen LogP contribution in [0.5, 0.6) is 0 Å². The Labute approximate surface area is 238 Å². The molecule has 0 unspecified atom stereocenters. The molecule has 0 aliphatic rings. The molecule has 4 aromatic rings. The van der Waals surface area contributed by atoms with Crippen molar-refractivity contribution in [2.45, 2.75) is 55.6 Å². The summed E-state index contributed by atoms with van der Waals surface area (Å²) in [7, 11) is -9.52. The minimum absolute atomic E-state index is 0.0416. The Balaban J connectivity index is 1.77. The highest BCUT2D eigenvalue weighted by Crippen LogP contribution is 2.29. The Bertz CT molecular complexity index is 1800. The van der Waals surface area contributed by atoms with Gasteiger partial charge in [0.1, 0.15) is 11.0 Å². The zero-order valence-corrected chi connectivity index (χ0v) is 25.4. The molecule has 0 fully saturated rings. The van der Waals surface area contributed by atoms with Gasteiger partial charge in [-0.3, -0.25) is 4.18 Å². The van der Waals surface area contributed by atoms with Crippen molar-refractivity contribution in [1.29, 1.82) is 0 Å². The van der Waals surface area contributed by atoms with Crippen LogP contribution in [-0.2, 0) is 41.7 Å². The third kappa shape index (κ3) is 6.43. The van der Waals surface area contributed by atoms with E-state index in [0.717, 1.165) is 11.1 Å². The zero-order valence-electron chi connectivity index (χ0n) is 23.0. The van der Waals surface area contributed by atoms with Gasteiger partial charge < -0.3 is 0 Å². The average molecular weight is 601 g/mol. The smallest absolute Gasteiger partial charge is 0.266 e. The summed E-state index contributed by atoms with van der Waals surface area (Å²) in [6.45, 7) is 8.95. The van der Waals surface area contributed by atoms with Crippen LogP contribution >= 0.6 is 0 Å². The number of aromatic nitrogens is 1. The maximum absolute atomic E-state index is 13.7. The van der Waals surface area contributed by atoms with Crippen LogP contribution in [0, 0.1) is 13.8 Å². The van der Waals surface area contributed by atoms with Crippen LogP contribution in [0.2, 0.25) is 0 Å². The number of nitrogens with zero attached hydrogens (tertiary/aromatic N) is 2. The topological polar surface area (TPSA) is 112 Å². The molecule has 40 heavy (non-hydrogen) atoms. The maximum Gasteiger partial charge on any atom is 0.296 e. The standard InChI is InChI=1S/C29H32N2O6S3/c1-21-9-13-25(14-10-21)39(33,34)31-20-24(17-18-37-40(35,36)26-15-11-22(2)12-16-26)28-23(7-6-8-27(28)31)19-30-38(32)29(3,4)5/h6-16,19-20H,17-18H2,1-5H3/b30-19+/t38-/m0/s1. The number of rotatable bonds is 9. The van der Waals surface area contributed by atoms with E-state index < -0.39 is 35.9 Å². The molecule has 0 amide bonds. The number of fused-ring (bicyclic) bond motifs is 1. The van der Waals surface area contributed by atoms with Crippen LogP contribution in [0.3, 0.4) is 0 Å². The van der Waals surface area contributed by atoms with Gasteiger partial charge >= 0.3 is 0 Å². The number of hydrogen-bond donors (Lipinski definition) is 0. The van der Waals surface area contributed by atoms with Gasteiger partial charge in [-0.1, -0.05) is 47.5 Å². The van der Waals surface area contributed by atoms with Gasteiger partial charge in [-0.2, -0.15) is 12.8 Å². The molecule has 0 aliphatic carbocycles. The molecule has 0 aliphatic heterocycles. The third-order valence-electron chi connectivity index (χ3n) is 6.22. The molecular formula is C29H32N2O6S3. The van der Waals surface area contributed by atoms with Crippen molar-refractivity contribution < 1.29 is 25.2 Å². The van der Waals surface area contributed by atoms with Crippen molar-refractivity contribution >= 4 is 48.2 Å². The van der Waals surface area contributed by atoms with Gasteiger partial charge in [0, 0.05) is 23.4 Å². The van der Waals surface area contributed by atoms with Crippen molar-refractivity contribution in [3.05, 3.63) is 95.2 Å². The first-order chi connectivity index (χ1) is 18.7. The Morgan fingerprint density at radius 2 is 1.45 bits per heavy atom. The molecule has 8 nitrogen and oxygen atoms in total. The number of aryl methyl sites for hydroxylation is 2. The minimum Gasteiger partial charge on any atom is -0.266 e. The average Bonchev–Trinajstić information content (AvgIpc) is 3.27. The first-order valence-corrected chi connectivity index (χ1v) is 16.5. The van der Waals surface area contributed by atoms with E-state index in [1.807, 2.05) is 34.6 Å². The molecule has 0 saturated heterocycles. The van der Waals surface area contributed by atoms with E-state index in [2.05, 4.69) is 4.40 Å². The molecule has 0 bridgehead atoms. The van der Waals surface area contributed by atoms with E-state index in [9.17, 15) is 21.0 Å². The molecule has 1 aromatic heterocycles. The molecular weight excluding hydrogens is 569 g/mol. The van der Waals surface area contributed by atoms with E-state index in [1.54, 1.807) is 54.6 Å². The van der Waals surface area contributed by atoms with E-state index >= 15 is 0 Å². The largest absolute Gasteiger partial charge is 0.296 e. The van der Waals surface area contributed by atoms with Gasteiger partial charge in [0.25, 0.3) is 20.1 Å². The highest BCUT2D eigenvalue weighted by atomic mass is 32.2. The fraction of sp³-hybridized carbons (Fsp3) is 0.276. The summed E-state index contributed by atoms with van der Waals surface area (Å²) < 4.78 is 75.6. The summed E-state index contributed by atoms with van der Waals surface area (Å²) in [5.74, 6) is 0. The van der Waals surface area contributed by atoms with E-state index in [4.69, 9.17) is 4.18 Å². The van der Waals surface area contributed by atoms with Crippen LogP contribution in [0.1, 0.15) is 43.0 Å². The van der Waals surface area contributed by atoms with E-state index in [-0.39, 0.29) is 22.8 Å². The first-order valence-electron chi connectivity index (χ1n) is 12.6. The predicted octanol–water partition coefficient (Wildman–Crippen LogP) is 5.32. The van der Waals surface area contributed by atoms with E-state index in [0.29, 0.717) is 22.0 Å². The second-order valence-corrected chi connectivity index (χ2v) is 15.8. The van der Waals surface area contributed by atoms with Crippen molar-refractivity contribution in [3.8, 4) is 0 Å². The maximum atomic E-state index is 13.7. The lowest BCUT2D eigenvalue weighted by atomic mass is 10.1. The second kappa shape index (κ2) is 11.4. The van der Waals surface area contributed by atoms with Crippen LogP contribution < -0.4 is 0 Å².